The van der Waals surface area contributed by atoms with E-state index in [9.17, 15) is 4.79 Å². The van der Waals surface area contributed by atoms with E-state index in [2.05, 4.69) is 44.2 Å². The molecule has 2 aliphatic heterocycles. The molecule has 0 bridgehead atoms. The zero-order valence-electron chi connectivity index (χ0n) is 15.7. The predicted octanol–water partition coefficient (Wildman–Crippen LogP) is 1.74. The molecule has 1 aromatic rings. The molecule has 7 heteroatoms. The van der Waals surface area contributed by atoms with Crippen LogP contribution in [0, 0.1) is 0 Å². The second-order valence-electron chi connectivity index (χ2n) is 6.90. The van der Waals surface area contributed by atoms with E-state index in [-0.39, 0.29) is 12.1 Å². The lowest BCUT2D eigenvalue weighted by molar-refractivity contribution is 0.190. The van der Waals surface area contributed by atoms with E-state index in [1.54, 1.807) is 12.4 Å². The summed E-state index contributed by atoms with van der Waals surface area (Å²) in [5.41, 5.74) is 0. The van der Waals surface area contributed by atoms with Crippen LogP contribution in [0.3, 0.4) is 0 Å². The number of hydrogen-bond donors (Lipinski definition) is 1. The van der Waals surface area contributed by atoms with Crippen molar-refractivity contribution in [3.63, 3.8) is 0 Å². The first kappa shape index (κ1) is 18.6. The van der Waals surface area contributed by atoms with Crippen molar-refractivity contribution in [1.29, 1.82) is 0 Å². The Labute approximate surface area is 156 Å². The van der Waals surface area contributed by atoms with Gasteiger partial charge in [0.05, 0.1) is 6.04 Å². The molecule has 7 nitrogen and oxygen atoms in total. The fourth-order valence-corrected chi connectivity index (χ4v) is 3.52. The summed E-state index contributed by atoms with van der Waals surface area (Å²) >= 11 is 0. The van der Waals surface area contributed by atoms with E-state index in [0.29, 0.717) is 6.54 Å². The third-order valence-electron chi connectivity index (χ3n) is 5.09. The van der Waals surface area contributed by atoms with Crippen LogP contribution in [-0.2, 0) is 0 Å². The van der Waals surface area contributed by atoms with Gasteiger partial charge in [0.1, 0.15) is 0 Å². The van der Waals surface area contributed by atoms with Crippen molar-refractivity contribution < 1.29 is 4.79 Å². The van der Waals surface area contributed by atoms with Gasteiger partial charge in [-0.15, -0.1) is 0 Å². The third kappa shape index (κ3) is 4.94. The van der Waals surface area contributed by atoms with Gasteiger partial charge in [0.25, 0.3) is 0 Å². The largest absolute Gasteiger partial charge is 0.338 e. The van der Waals surface area contributed by atoms with Crippen molar-refractivity contribution in [2.75, 3.05) is 50.7 Å². The smallest absolute Gasteiger partial charge is 0.318 e. The quantitative estimate of drug-likeness (QED) is 0.752. The topological polar surface area (TPSA) is 64.6 Å². The Balaban J connectivity index is 1.35. The van der Waals surface area contributed by atoms with Crippen molar-refractivity contribution in [3.8, 4) is 0 Å². The number of carbonyl (C=O) groups excluding carboxylic acids is 1. The van der Waals surface area contributed by atoms with Crippen LogP contribution in [0.1, 0.15) is 26.2 Å². The molecule has 1 unspecified atom stereocenters. The molecule has 0 aromatic carbocycles. The summed E-state index contributed by atoms with van der Waals surface area (Å²) in [7, 11) is 0. The lowest BCUT2D eigenvalue weighted by Crippen LogP contribution is -2.50. The Kier molecular flexibility index (Phi) is 6.82. The number of aromatic nitrogens is 2. The first-order chi connectivity index (χ1) is 12.8. The molecule has 1 fully saturated rings. The highest BCUT2D eigenvalue weighted by molar-refractivity contribution is 5.75. The molecule has 0 spiro atoms. The van der Waals surface area contributed by atoms with Crippen LogP contribution in [0.25, 0.3) is 0 Å². The van der Waals surface area contributed by atoms with Gasteiger partial charge in [-0.25, -0.2) is 14.8 Å². The summed E-state index contributed by atoms with van der Waals surface area (Å²) in [6, 6.07) is 2.17. The number of rotatable bonds is 7. The van der Waals surface area contributed by atoms with E-state index in [1.807, 2.05) is 11.0 Å². The van der Waals surface area contributed by atoms with E-state index in [1.165, 1.54) is 6.42 Å². The number of amides is 2. The predicted molar refractivity (Wildman–Crippen MR) is 103 cm³/mol. The molecule has 2 amide bonds. The maximum Gasteiger partial charge on any atom is 0.318 e. The summed E-state index contributed by atoms with van der Waals surface area (Å²) in [4.78, 5) is 27.6. The Morgan fingerprint density at radius 1 is 1.23 bits per heavy atom. The molecule has 3 heterocycles. The van der Waals surface area contributed by atoms with E-state index < -0.39 is 0 Å². The van der Waals surface area contributed by atoms with Crippen LogP contribution in [0.15, 0.2) is 30.6 Å². The summed E-state index contributed by atoms with van der Waals surface area (Å²) < 4.78 is 0. The van der Waals surface area contributed by atoms with Crippen molar-refractivity contribution in [2.24, 2.45) is 0 Å². The average molecular weight is 358 g/mol. The maximum atomic E-state index is 12.4. The van der Waals surface area contributed by atoms with Gasteiger partial charge in [-0.3, -0.25) is 4.90 Å². The summed E-state index contributed by atoms with van der Waals surface area (Å²) in [6.45, 7) is 8.29. The van der Waals surface area contributed by atoms with Crippen LogP contribution in [0.4, 0.5) is 10.7 Å². The lowest BCUT2D eigenvalue weighted by atomic mass is 10.1. The highest BCUT2D eigenvalue weighted by Gasteiger charge is 2.24. The van der Waals surface area contributed by atoms with E-state index in [0.717, 1.165) is 58.1 Å². The number of urea groups is 1. The minimum absolute atomic E-state index is 0.0624. The first-order valence-electron chi connectivity index (χ1n) is 9.73. The highest BCUT2D eigenvalue weighted by Crippen LogP contribution is 2.16. The molecule has 1 N–H and O–H groups in total. The van der Waals surface area contributed by atoms with Crippen molar-refractivity contribution >= 4 is 12.0 Å². The minimum atomic E-state index is 0.0624. The molecule has 26 heavy (non-hydrogen) atoms. The molecule has 2 aliphatic rings. The molecule has 0 saturated carbocycles. The maximum absolute atomic E-state index is 12.4. The fraction of sp³-hybridized carbons (Fsp3) is 0.632. The number of carbonyl (C=O) groups is 1. The number of hydrogen-bond acceptors (Lipinski definition) is 5. The first-order valence-corrected chi connectivity index (χ1v) is 9.73. The Hall–Kier alpha value is -2.15. The zero-order valence-corrected chi connectivity index (χ0v) is 15.7. The average Bonchev–Trinajstić information content (AvgIpc) is 3.16. The van der Waals surface area contributed by atoms with Gasteiger partial charge in [-0.1, -0.05) is 31.9 Å². The summed E-state index contributed by atoms with van der Waals surface area (Å²) in [6.07, 6.45) is 11.2. The monoisotopic (exact) mass is 358 g/mol. The number of nitrogens with zero attached hydrogens (tertiary/aromatic N) is 5. The lowest BCUT2D eigenvalue weighted by Gasteiger charge is -2.34. The fourth-order valence-electron chi connectivity index (χ4n) is 3.52. The second-order valence-corrected chi connectivity index (χ2v) is 6.90. The molecule has 0 aliphatic carbocycles. The minimum Gasteiger partial charge on any atom is -0.338 e. The van der Waals surface area contributed by atoms with Crippen LogP contribution in [0.2, 0.25) is 0 Å². The van der Waals surface area contributed by atoms with Gasteiger partial charge in [-0.05, 0) is 12.5 Å². The van der Waals surface area contributed by atoms with Gasteiger partial charge in [0, 0.05) is 58.2 Å². The molecule has 1 atom stereocenters. The molecular formula is C19H30N6O. The molecule has 1 aromatic heterocycles. The van der Waals surface area contributed by atoms with E-state index >= 15 is 0 Å². The van der Waals surface area contributed by atoms with Gasteiger partial charge in [-0.2, -0.15) is 0 Å². The van der Waals surface area contributed by atoms with Crippen LogP contribution < -0.4 is 10.2 Å². The van der Waals surface area contributed by atoms with Crippen molar-refractivity contribution in [3.05, 3.63) is 30.6 Å². The molecule has 3 rings (SSSR count). The third-order valence-corrected chi connectivity index (χ3v) is 5.09. The second kappa shape index (κ2) is 9.52. The van der Waals surface area contributed by atoms with Crippen molar-refractivity contribution in [1.82, 2.24) is 25.1 Å². The van der Waals surface area contributed by atoms with Crippen LogP contribution in [0.5, 0.6) is 0 Å². The highest BCUT2D eigenvalue weighted by atomic mass is 16.2. The van der Waals surface area contributed by atoms with Gasteiger partial charge in [0.15, 0.2) is 0 Å². The van der Waals surface area contributed by atoms with Crippen molar-refractivity contribution in [2.45, 2.75) is 32.2 Å². The Morgan fingerprint density at radius 3 is 2.73 bits per heavy atom. The van der Waals surface area contributed by atoms with Gasteiger partial charge < -0.3 is 15.1 Å². The van der Waals surface area contributed by atoms with Crippen LogP contribution in [-0.4, -0.2) is 77.7 Å². The molecular weight excluding hydrogens is 328 g/mol. The normalized spacial score (nSPS) is 20.6. The Morgan fingerprint density at radius 2 is 2.00 bits per heavy atom. The molecule has 1 saturated heterocycles. The zero-order chi connectivity index (χ0) is 18.2. The standard InChI is InChI=1S/C19H30N6O/c1-2-3-6-17-7-4-11-25(17)19(26)22-10-12-23-13-15-24(16-14-23)18-20-8-5-9-21-18/h4-5,7-9,17H,2-3,6,10-16H2,1H3,(H,22,26). The summed E-state index contributed by atoms with van der Waals surface area (Å²) in [5, 5.41) is 3.09. The number of piperazine rings is 1. The molecule has 0 radical (unpaired) electrons. The summed E-state index contributed by atoms with van der Waals surface area (Å²) in [5.74, 6) is 0.806. The van der Waals surface area contributed by atoms with E-state index in [4.69, 9.17) is 0 Å². The van der Waals surface area contributed by atoms with Gasteiger partial charge >= 0.3 is 6.03 Å². The molecule has 142 valence electrons. The number of anilines is 1. The van der Waals surface area contributed by atoms with Crippen LogP contribution >= 0.6 is 0 Å². The Bertz CT molecular complexity index is 585. The van der Waals surface area contributed by atoms with Gasteiger partial charge in [0.2, 0.25) is 5.95 Å². The number of nitrogens with one attached hydrogen (secondary N) is 1. The SMILES string of the molecule is CCCCC1C=CCN1C(=O)NCCN1CCN(c2ncccn2)CC1. The number of unbranched alkanes of at least 4 members (excludes halogenated alkanes) is 1.